The second kappa shape index (κ2) is 8.20. The van der Waals surface area contributed by atoms with Crippen molar-refractivity contribution in [1.82, 2.24) is 24.4 Å². The normalized spacial score (nSPS) is 16.1. The molecule has 2 aliphatic rings. The van der Waals surface area contributed by atoms with E-state index in [2.05, 4.69) is 57.5 Å². The van der Waals surface area contributed by atoms with Gasteiger partial charge in [0, 0.05) is 78.5 Å². The van der Waals surface area contributed by atoms with Crippen molar-refractivity contribution < 1.29 is 4.79 Å². The van der Waals surface area contributed by atoms with E-state index in [-0.39, 0.29) is 17.0 Å². The number of rotatable bonds is 6. The number of nitrogens with zero attached hydrogens (tertiary/aromatic N) is 8. The van der Waals surface area contributed by atoms with Crippen LogP contribution in [0.4, 0.5) is 11.5 Å². The average molecular weight is 494 g/mol. The van der Waals surface area contributed by atoms with Crippen molar-refractivity contribution in [2.24, 2.45) is 11.1 Å². The van der Waals surface area contributed by atoms with Crippen LogP contribution in [0.1, 0.15) is 31.0 Å². The van der Waals surface area contributed by atoms with Crippen LogP contribution in [0.3, 0.4) is 0 Å². The first kappa shape index (κ1) is 22.8. The zero-order chi connectivity index (χ0) is 25.9. The lowest BCUT2D eigenvalue weighted by Gasteiger charge is -2.61. The molecule has 6 rings (SSSR count). The number of hydrogen-bond acceptors (Lipinski definition) is 7. The highest BCUT2D eigenvalue weighted by Crippen LogP contribution is 2.45. The summed E-state index contributed by atoms with van der Waals surface area (Å²) in [7, 11) is 0. The lowest BCUT2D eigenvalue weighted by Crippen LogP contribution is -2.72. The molecule has 1 amide bonds. The Kier molecular flexibility index (Phi) is 5.05. The summed E-state index contributed by atoms with van der Waals surface area (Å²) in [6.07, 6.45) is 9.15. The van der Waals surface area contributed by atoms with E-state index in [1.54, 1.807) is 16.9 Å². The molecule has 2 aliphatic heterocycles. The van der Waals surface area contributed by atoms with Crippen molar-refractivity contribution in [3.63, 3.8) is 0 Å². The topological polar surface area (TPSA) is 121 Å². The first-order chi connectivity index (χ1) is 17.8. The van der Waals surface area contributed by atoms with Crippen LogP contribution in [0.25, 0.3) is 22.2 Å². The fourth-order valence-electron chi connectivity index (χ4n) is 5.30. The van der Waals surface area contributed by atoms with Crippen LogP contribution < -0.4 is 15.5 Å². The number of nitrogens with two attached hydrogens (primary N) is 1. The molecule has 0 atom stereocenters. The molecule has 6 heterocycles. The molecular formula is C27H27N9O. The molecule has 2 fully saturated rings. The number of pyridine rings is 2. The van der Waals surface area contributed by atoms with Gasteiger partial charge in [-0.05, 0) is 32.0 Å². The molecule has 0 saturated carbocycles. The van der Waals surface area contributed by atoms with Gasteiger partial charge in [0.25, 0.3) is 0 Å². The first-order valence-corrected chi connectivity index (χ1v) is 12.2. The van der Waals surface area contributed by atoms with Gasteiger partial charge in [-0.3, -0.25) is 9.48 Å². The highest BCUT2D eigenvalue weighted by molar-refractivity contribution is 6.17. The lowest BCUT2D eigenvalue weighted by molar-refractivity contribution is -0.112. The third kappa shape index (κ3) is 3.71. The number of amides is 1. The number of fused-ring (bicyclic) bond motifs is 1. The Morgan fingerprint density at radius 2 is 1.84 bits per heavy atom. The molecule has 0 radical (unpaired) electrons. The number of anilines is 2. The summed E-state index contributed by atoms with van der Waals surface area (Å²) in [4.78, 5) is 20.4. The summed E-state index contributed by atoms with van der Waals surface area (Å²) in [5, 5.41) is 18.6. The minimum absolute atomic E-state index is 0.180. The second-order valence-electron chi connectivity index (χ2n) is 10.3. The van der Waals surface area contributed by atoms with Crippen molar-refractivity contribution in [3.8, 4) is 17.2 Å². The number of aromatic nitrogens is 5. The molecule has 0 bridgehead atoms. The Morgan fingerprint density at radius 3 is 2.46 bits per heavy atom. The zero-order valence-corrected chi connectivity index (χ0v) is 20.8. The fourth-order valence-corrected chi connectivity index (χ4v) is 5.30. The van der Waals surface area contributed by atoms with Gasteiger partial charge >= 0.3 is 0 Å². The number of carbonyl (C=O) groups excluding carboxylic acids is 1. The van der Waals surface area contributed by atoms with Crippen molar-refractivity contribution in [3.05, 3.63) is 66.9 Å². The van der Waals surface area contributed by atoms with Gasteiger partial charge in [0.05, 0.1) is 23.6 Å². The summed E-state index contributed by atoms with van der Waals surface area (Å²) in [5.74, 6) is 0.330. The Labute approximate surface area is 214 Å². The molecule has 10 heteroatoms. The van der Waals surface area contributed by atoms with Gasteiger partial charge in [-0.1, -0.05) is 6.58 Å². The first-order valence-electron chi connectivity index (χ1n) is 12.2. The van der Waals surface area contributed by atoms with E-state index in [0.29, 0.717) is 11.1 Å². The van der Waals surface area contributed by atoms with Crippen LogP contribution in [0.5, 0.6) is 0 Å². The van der Waals surface area contributed by atoms with E-state index in [9.17, 15) is 10.1 Å². The average Bonchev–Trinajstić information content (AvgIpc) is 3.49. The molecule has 186 valence electrons. The van der Waals surface area contributed by atoms with Crippen LogP contribution in [0, 0.1) is 16.7 Å². The van der Waals surface area contributed by atoms with Crippen LogP contribution in [-0.2, 0) is 4.79 Å². The van der Waals surface area contributed by atoms with E-state index in [1.165, 1.54) is 0 Å². The Balaban J connectivity index is 1.22. The number of primary amides is 1. The summed E-state index contributed by atoms with van der Waals surface area (Å²) < 4.78 is 3.74. The maximum atomic E-state index is 11.4. The van der Waals surface area contributed by atoms with Crippen molar-refractivity contribution in [2.75, 3.05) is 36.0 Å². The van der Waals surface area contributed by atoms with Gasteiger partial charge in [0.1, 0.15) is 17.4 Å². The largest absolute Gasteiger partial charge is 0.368 e. The monoisotopic (exact) mass is 493 g/mol. The highest BCUT2D eigenvalue weighted by atomic mass is 16.1. The van der Waals surface area contributed by atoms with E-state index in [0.717, 1.165) is 54.3 Å². The van der Waals surface area contributed by atoms with Crippen molar-refractivity contribution >= 4 is 28.5 Å². The Morgan fingerprint density at radius 1 is 1.08 bits per heavy atom. The van der Waals surface area contributed by atoms with Crippen molar-refractivity contribution in [2.45, 2.75) is 19.9 Å². The van der Waals surface area contributed by atoms with Crippen molar-refractivity contribution in [1.29, 1.82) is 5.26 Å². The number of hydrogen-bond donors (Lipinski definition) is 1. The quantitative estimate of drug-likeness (QED) is 0.410. The van der Waals surface area contributed by atoms with E-state index in [1.807, 2.05) is 35.4 Å². The fraction of sp³-hybridized carbons (Fsp3) is 0.296. The summed E-state index contributed by atoms with van der Waals surface area (Å²) >= 11 is 0. The predicted molar refractivity (Wildman–Crippen MR) is 141 cm³/mol. The molecule has 0 aliphatic carbocycles. The van der Waals surface area contributed by atoms with Crippen LogP contribution in [-0.4, -0.2) is 56.5 Å². The molecule has 0 unspecified atom stereocenters. The maximum absolute atomic E-state index is 11.4. The molecule has 0 aromatic carbocycles. The standard InChI is InChI=1S/C27H27N9O/c1-17(2)35-12-22(10-31-35)20-6-23(25-21(7-28)9-32-36(25)11-20)33-13-27(14-33)15-34(16-27)24-5-4-19(8-30-24)18(3)26(29)37/h4-6,8-12,17H,3,13-16H2,1-2H3,(H2,29,37). The van der Waals surface area contributed by atoms with Gasteiger partial charge < -0.3 is 15.5 Å². The molecule has 4 aromatic rings. The minimum Gasteiger partial charge on any atom is -0.368 e. The number of carbonyl (C=O) groups is 1. The van der Waals surface area contributed by atoms with Gasteiger partial charge in [-0.15, -0.1) is 0 Å². The molecule has 10 nitrogen and oxygen atoms in total. The minimum atomic E-state index is -0.545. The van der Waals surface area contributed by atoms with Crippen LogP contribution in [0.15, 0.2) is 55.8 Å². The van der Waals surface area contributed by atoms with Gasteiger partial charge in [-0.25, -0.2) is 9.50 Å². The Bertz CT molecular complexity index is 1570. The van der Waals surface area contributed by atoms with E-state index >= 15 is 0 Å². The third-order valence-electron chi connectivity index (χ3n) is 7.34. The van der Waals surface area contributed by atoms with Gasteiger partial charge in [-0.2, -0.15) is 15.5 Å². The third-order valence-corrected chi connectivity index (χ3v) is 7.34. The SMILES string of the molecule is C=C(C(N)=O)c1ccc(N2CC3(C2)CN(c2cc(-c4cnn(C(C)C)c4)cn4ncc(C#N)c24)C3)nc1. The van der Waals surface area contributed by atoms with E-state index < -0.39 is 5.91 Å². The molecule has 4 aromatic heterocycles. The summed E-state index contributed by atoms with van der Waals surface area (Å²) in [6, 6.07) is 8.45. The molecule has 2 saturated heterocycles. The highest BCUT2D eigenvalue weighted by Gasteiger charge is 2.52. The lowest BCUT2D eigenvalue weighted by atomic mass is 9.72. The van der Waals surface area contributed by atoms with Crippen LogP contribution in [0.2, 0.25) is 0 Å². The second-order valence-corrected chi connectivity index (χ2v) is 10.3. The molecule has 37 heavy (non-hydrogen) atoms. The van der Waals surface area contributed by atoms with E-state index in [4.69, 9.17) is 5.73 Å². The maximum Gasteiger partial charge on any atom is 0.248 e. The molecule has 1 spiro atoms. The smallest absolute Gasteiger partial charge is 0.248 e. The zero-order valence-electron chi connectivity index (χ0n) is 20.8. The summed E-state index contributed by atoms with van der Waals surface area (Å²) in [6.45, 7) is 11.5. The van der Waals surface area contributed by atoms with Crippen LogP contribution >= 0.6 is 0 Å². The van der Waals surface area contributed by atoms with Gasteiger partial charge in [0.15, 0.2) is 0 Å². The molecular weight excluding hydrogens is 466 g/mol. The predicted octanol–water partition coefficient (Wildman–Crippen LogP) is 2.87. The van der Waals surface area contributed by atoms with Gasteiger partial charge in [0.2, 0.25) is 5.91 Å². The molecule has 2 N–H and O–H groups in total. The number of nitriles is 1. The summed E-state index contributed by atoms with van der Waals surface area (Å²) in [5.41, 5.74) is 10.8. The Hall–Kier alpha value is -4.65.